The van der Waals surface area contributed by atoms with E-state index in [0.29, 0.717) is 6.54 Å². The first-order valence-corrected chi connectivity index (χ1v) is 6.42. The lowest BCUT2D eigenvalue weighted by molar-refractivity contribution is 0.961. The van der Waals surface area contributed by atoms with Crippen LogP contribution in [-0.4, -0.2) is 9.38 Å². The van der Waals surface area contributed by atoms with Crippen molar-refractivity contribution in [2.75, 3.05) is 0 Å². The molecule has 0 aliphatic rings. The summed E-state index contributed by atoms with van der Waals surface area (Å²) in [5.74, 6) is 1.07. The third kappa shape index (κ3) is 1.85. The molecular formula is C13H13N3S. The van der Waals surface area contributed by atoms with Crippen molar-refractivity contribution in [2.24, 2.45) is 5.73 Å². The average molecular weight is 243 g/mol. The first-order valence-electron chi connectivity index (χ1n) is 5.55. The molecule has 0 radical (unpaired) electrons. The minimum atomic E-state index is 0.550. The predicted octanol–water partition coefficient (Wildman–Crippen LogP) is 2.45. The van der Waals surface area contributed by atoms with E-state index in [1.54, 1.807) is 11.3 Å². The highest BCUT2D eigenvalue weighted by atomic mass is 32.1. The summed E-state index contributed by atoms with van der Waals surface area (Å²) in [6.07, 6.45) is 4.83. The van der Waals surface area contributed by atoms with Crippen LogP contribution in [0.4, 0.5) is 0 Å². The highest BCUT2D eigenvalue weighted by Crippen LogP contribution is 2.17. The molecule has 3 rings (SSSR count). The van der Waals surface area contributed by atoms with Gasteiger partial charge in [0.15, 0.2) is 0 Å². The van der Waals surface area contributed by atoms with E-state index in [1.807, 2.05) is 24.5 Å². The van der Waals surface area contributed by atoms with E-state index in [4.69, 9.17) is 5.73 Å². The second-order valence-corrected chi connectivity index (χ2v) is 4.96. The Morgan fingerprint density at radius 3 is 3.00 bits per heavy atom. The number of aromatic nitrogens is 2. The first-order chi connectivity index (χ1) is 8.38. The van der Waals surface area contributed by atoms with E-state index >= 15 is 0 Å². The van der Waals surface area contributed by atoms with Crippen LogP contribution >= 0.6 is 11.3 Å². The SMILES string of the molecule is NCc1cccn2c(Cc3cccs3)ncc12. The number of pyridine rings is 1. The molecule has 3 aromatic heterocycles. The van der Waals surface area contributed by atoms with Crippen LogP contribution in [0.15, 0.2) is 42.0 Å². The first kappa shape index (κ1) is 10.5. The number of rotatable bonds is 3. The number of imidazole rings is 1. The molecule has 2 N–H and O–H groups in total. The van der Waals surface area contributed by atoms with Crippen LogP contribution in [0, 0.1) is 0 Å². The van der Waals surface area contributed by atoms with E-state index in [9.17, 15) is 0 Å². The van der Waals surface area contributed by atoms with Crippen molar-refractivity contribution < 1.29 is 0 Å². The van der Waals surface area contributed by atoms with Crippen molar-refractivity contribution in [3.05, 3.63) is 58.3 Å². The van der Waals surface area contributed by atoms with E-state index in [-0.39, 0.29) is 0 Å². The normalized spacial score (nSPS) is 11.1. The van der Waals surface area contributed by atoms with Gasteiger partial charge in [-0.25, -0.2) is 4.98 Å². The van der Waals surface area contributed by atoms with Gasteiger partial charge in [-0.1, -0.05) is 12.1 Å². The summed E-state index contributed by atoms with van der Waals surface area (Å²) in [5.41, 5.74) is 7.97. The average Bonchev–Trinajstić information content (AvgIpc) is 2.99. The van der Waals surface area contributed by atoms with Gasteiger partial charge in [-0.15, -0.1) is 11.3 Å². The van der Waals surface area contributed by atoms with Gasteiger partial charge >= 0.3 is 0 Å². The number of fused-ring (bicyclic) bond motifs is 1. The minimum Gasteiger partial charge on any atom is -0.326 e. The van der Waals surface area contributed by atoms with Gasteiger partial charge in [0.2, 0.25) is 0 Å². The van der Waals surface area contributed by atoms with Crippen LogP contribution in [0.25, 0.3) is 5.52 Å². The molecule has 0 bridgehead atoms. The zero-order chi connectivity index (χ0) is 11.7. The monoisotopic (exact) mass is 243 g/mol. The molecule has 0 atom stereocenters. The third-order valence-corrected chi connectivity index (χ3v) is 3.74. The lowest BCUT2D eigenvalue weighted by Crippen LogP contribution is -2.00. The fourth-order valence-corrected chi connectivity index (χ4v) is 2.71. The molecule has 0 fully saturated rings. The van der Waals surface area contributed by atoms with Crippen LogP contribution in [-0.2, 0) is 13.0 Å². The molecule has 0 aromatic carbocycles. The molecule has 3 heterocycles. The van der Waals surface area contributed by atoms with Crippen molar-refractivity contribution in [2.45, 2.75) is 13.0 Å². The molecule has 3 aromatic rings. The summed E-state index contributed by atoms with van der Waals surface area (Å²) >= 11 is 1.76. The summed E-state index contributed by atoms with van der Waals surface area (Å²) in [5, 5.41) is 2.09. The van der Waals surface area contributed by atoms with Gasteiger partial charge in [0.25, 0.3) is 0 Å². The summed E-state index contributed by atoms with van der Waals surface area (Å²) in [6.45, 7) is 0.550. The molecule has 0 amide bonds. The van der Waals surface area contributed by atoms with Gasteiger partial charge in [-0.05, 0) is 23.1 Å². The van der Waals surface area contributed by atoms with Crippen molar-refractivity contribution >= 4 is 16.9 Å². The Kier molecular flexibility index (Phi) is 2.66. The summed E-state index contributed by atoms with van der Waals surface area (Å²) in [7, 11) is 0. The fraction of sp³-hybridized carbons (Fsp3) is 0.154. The molecule has 17 heavy (non-hydrogen) atoms. The van der Waals surface area contributed by atoms with Crippen LogP contribution < -0.4 is 5.73 Å². The van der Waals surface area contributed by atoms with Gasteiger partial charge in [0.1, 0.15) is 5.82 Å². The maximum Gasteiger partial charge on any atom is 0.118 e. The van der Waals surface area contributed by atoms with Crippen molar-refractivity contribution in [3.8, 4) is 0 Å². The quantitative estimate of drug-likeness (QED) is 0.768. The molecule has 0 saturated carbocycles. The molecule has 0 unspecified atom stereocenters. The third-order valence-electron chi connectivity index (χ3n) is 2.87. The van der Waals surface area contributed by atoms with Crippen molar-refractivity contribution in [1.29, 1.82) is 0 Å². The standard InChI is InChI=1S/C13H13N3S/c14-8-10-3-1-5-16-12(10)9-15-13(16)7-11-4-2-6-17-11/h1-6,9H,7-8,14H2. The Morgan fingerprint density at radius 1 is 1.29 bits per heavy atom. The number of nitrogens with two attached hydrogens (primary N) is 1. The molecule has 0 aliphatic carbocycles. The van der Waals surface area contributed by atoms with Crippen molar-refractivity contribution in [3.63, 3.8) is 0 Å². The highest BCUT2D eigenvalue weighted by molar-refractivity contribution is 7.09. The number of hydrogen-bond acceptors (Lipinski definition) is 3. The van der Waals surface area contributed by atoms with E-state index < -0.39 is 0 Å². The van der Waals surface area contributed by atoms with Gasteiger partial charge in [0, 0.05) is 24.0 Å². The fourth-order valence-electron chi connectivity index (χ4n) is 2.01. The summed E-state index contributed by atoms with van der Waals surface area (Å²) in [6, 6.07) is 8.28. The second-order valence-electron chi connectivity index (χ2n) is 3.92. The maximum atomic E-state index is 5.72. The zero-order valence-electron chi connectivity index (χ0n) is 9.34. The number of nitrogens with zero attached hydrogens (tertiary/aromatic N) is 2. The Labute approximate surface area is 104 Å². The van der Waals surface area contributed by atoms with Crippen LogP contribution in [0.3, 0.4) is 0 Å². The highest BCUT2D eigenvalue weighted by Gasteiger charge is 2.07. The van der Waals surface area contributed by atoms with Gasteiger partial charge in [-0.2, -0.15) is 0 Å². The lowest BCUT2D eigenvalue weighted by Gasteiger charge is -2.03. The molecule has 4 heteroatoms. The molecular weight excluding hydrogens is 230 g/mol. The largest absolute Gasteiger partial charge is 0.326 e. The second kappa shape index (κ2) is 4.31. The van der Waals surface area contributed by atoms with E-state index in [1.165, 1.54) is 4.88 Å². The zero-order valence-corrected chi connectivity index (χ0v) is 10.2. The molecule has 0 aliphatic heterocycles. The number of hydrogen-bond donors (Lipinski definition) is 1. The van der Waals surface area contributed by atoms with Gasteiger partial charge in [-0.3, -0.25) is 0 Å². The van der Waals surface area contributed by atoms with Gasteiger partial charge in [0.05, 0.1) is 11.7 Å². The topological polar surface area (TPSA) is 43.3 Å². The lowest BCUT2D eigenvalue weighted by atomic mass is 10.2. The van der Waals surface area contributed by atoms with E-state index in [0.717, 1.165) is 23.3 Å². The smallest absolute Gasteiger partial charge is 0.118 e. The summed E-state index contributed by atoms with van der Waals surface area (Å²) in [4.78, 5) is 5.82. The Balaban J connectivity index is 2.06. The van der Waals surface area contributed by atoms with Crippen LogP contribution in [0.2, 0.25) is 0 Å². The number of thiophene rings is 1. The predicted molar refractivity (Wildman–Crippen MR) is 70.2 cm³/mol. The Bertz CT molecular complexity index is 625. The van der Waals surface area contributed by atoms with E-state index in [2.05, 4.69) is 26.9 Å². The molecule has 86 valence electrons. The summed E-state index contributed by atoms with van der Waals surface area (Å²) < 4.78 is 2.13. The molecule has 0 saturated heterocycles. The van der Waals surface area contributed by atoms with Crippen LogP contribution in [0.5, 0.6) is 0 Å². The maximum absolute atomic E-state index is 5.72. The molecule has 3 nitrogen and oxygen atoms in total. The Morgan fingerprint density at radius 2 is 2.24 bits per heavy atom. The van der Waals surface area contributed by atoms with Crippen LogP contribution in [0.1, 0.15) is 16.3 Å². The Hall–Kier alpha value is -1.65. The minimum absolute atomic E-state index is 0.550. The molecule has 0 spiro atoms. The van der Waals surface area contributed by atoms with Gasteiger partial charge < -0.3 is 10.1 Å². The van der Waals surface area contributed by atoms with Crippen molar-refractivity contribution in [1.82, 2.24) is 9.38 Å².